The van der Waals surface area contributed by atoms with Gasteiger partial charge in [0.15, 0.2) is 5.75 Å². The first kappa shape index (κ1) is 11.3. The van der Waals surface area contributed by atoms with Gasteiger partial charge in [-0.15, -0.1) is 0 Å². The van der Waals surface area contributed by atoms with Gasteiger partial charge in [-0.2, -0.15) is 0 Å². The van der Waals surface area contributed by atoms with E-state index in [4.69, 9.17) is 4.74 Å². The van der Waals surface area contributed by atoms with Crippen molar-refractivity contribution in [2.75, 3.05) is 0 Å². The van der Waals surface area contributed by atoms with Crippen LogP contribution in [0.3, 0.4) is 0 Å². The largest absolute Gasteiger partial charge is 0.421 e. The fourth-order valence-electron chi connectivity index (χ4n) is 1.53. The average Bonchev–Trinajstić information content (AvgIpc) is 2.28. The highest BCUT2D eigenvalue weighted by Gasteiger charge is 2.06. The number of aromatic nitrogens is 1. The SMILES string of the molecule is CC(C)=CC(=O)Oc1cccc2cccnc12. The zero-order chi connectivity index (χ0) is 12.3. The number of hydrogen-bond acceptors (Lipinski definition) is 3. The van der Waals surface area contributed by atoms with Gasteiger partial charge in [0.1, 0.15) is 5.52 Å². The maximum Gasteiger partial charge on any atom is 0.336 e. The Hall–Kier alpha value is -2.16. The minimum absolute atomic E-state index is 0.372. The van der Waals surface area contributed by atoms with Crippen LogP contribution in [0, 0.1) is 0 Å². The Morgan fingerprint density at radius 1 is 1.24 bits per heavy atom. The molecule has 0 radical (unpaired) electrons. The molecule has 0 spiro atoms. The van der Waals surface area contributed by atoms with Crippen molar-refractivity contribution in [1.82, 2.24) is 4.98 Å². The van der Waals surface area contributed by atoms with Crippen LogP contribution in [0.5, 0.6) is 5.75 Å². The van der Waals surface area contributed by atoms with E-state index in [1.807, 2.05) is 38.1 Å². The molecule has 0 aliphatic rings. The van der Waals surface area contributed by atoms with E-state index in [0.29, 0.717) is 11.3 Å². The second kappa shape index (κ2) is 4.78. The standard InChI is InChI=1S/C14H13NO2/c1-10(2)9-13(16)17-12-7-3-5-11-6-4-8-15-14(11)12/h3-9H,1-2H3. The predicted octanol–water partition coefficient (Wildman–Crippen LogP) is 3.11. The van der Waals surface area contributed by atoms with Crippen molar-refractivity contribution in [2.45, 2.75) is 13.8 Å². The molecule has 2 rings (SSSR count). The summed E-state index contributed by atoms with van der Waals surface area (Å²) in [7, 11) is 0. The van der Waals surface area contributed by atoms with Crippen LogP contribution < -0.4 is 4.74 Å². The summed E-state index contributed by atoms with van der Waals surface area (Å²) in [6.45, 7) is 3.70. The molecule has 0 amide bonds. The van der Waals surface area contributed by atoms with Gasteiger partial charge in [0, 0.05) is 17.7 Å². The summed E-state index contributed by atoms with van der Waals surface area (Å²) in [6, 6.07) is 9.30. The molecule has 3 nitrogen and oxygen atoms in total. The molecule has 1 heterocycles. The second-order valence-electron chi connectivity index (χ2n) is 3.97. The monoisotopic (exact) mass is 227 g/mol. The maximum absolute atomic E-state index is 11.5. The molecule has 1 aromatic heterocycles. The molecule has 0 atom stereocenters. The number of ether oxygens (including phenoxy) is 1. The predicted molar refractivity (Wildman–Crippen MR) is 66.8 cm³/mol. The number of rotatable bonds is 2. The van der Waals surface area contributed by atoms with Crippen molar-refractivity contribution >= 4 is 16.9 Å². The summed E-state index contributed by atoms with van der Waals surface area (Å²) in [6.07, 6.45) is 3.14. The third-order valence-corrected chi connectivity index (χ3v) is 2.21. The zero-order valence-corrected chi connectivity index (χ0v) is 9.81. The minimum Gasteiger partial charge on any atom is -0.421 e. The van der Waals surface area contributed by atoms with E-state index in [9.17, 15) is 4.79 Å². The van der Waals surface area contributed by atoms with Crippen molar-refractivity contribution in [3.63, 3.8) is 0 Å². The van der Waals surface area contributed by atoms with E-state index in [1.165, 1.54) is 6.08 Å². The molecule has 0 aliphatic heterocycles. The molecule has 0 fully saturated rings. The summed E-state index contributed by atoms with van der Waals surface area (Å²) in [5.41, 5.74) is 1.61. The molecule has 0 aliphatic carbocycles. The van der Waals surface area contributed by atoms with Gasteiger partial charge in [0.25, 0.3) is 0 Å². The van der Waals surface area contributed by atoms with E-state index in [1.54, 1.807) is 12.3 Å². The Morgan fingerprint density at radius 3 is 2.76 bits per heavy atom. The van der Waals surface area contributed by atoms with Crippen molar-refractivity contribution < 1.29 is 9.53 Å². The van der Waals surface area contributed by atoms with Crippen LogP contribution in [0.1, 0.15) is 13.8 Å². The highest BCUT2D eigenvalue weighted by atomic mass is 16.5. The van der Waals surface area contributed by atoms with Crippen LogP contribution in [0.4, 0.5) is 0 Å². The zero-order valence-electron chi connectivity index (χ0n) is 9.81. The normalized spacial score (nSPS) is 10.0. The summed E-state index contributed by atoms with van der Waals surface area (Å²) < 4.78 is 5.26. The van der Waals surface area contributed by atoms with Crippen LogP contribution in [0.2, 0.25) is 0 Å². The summed E-state index contributed by atoms with van der Waals surface area (Å²) in [5.74, 6) is 0.119. The lowest BCUT2D eigenvalue weighted by Gasteiger charge is -2.04. The first-order chi connectivity index (χ1) is 8.16. The molecule has 3 heteroatoms. The molecular formula is C14H13NO2. The Labute approximate surface area is 99.7 Å². The van der Waals surface area contributed by atoms with E-state index >= 15 is 0 Å². The molecule has 17 heavy (non-hydrogen) atoms. The van der Waals surface area contributed by atoms with Crippen molar-refractivity contribution in [2.24, 2.45) is 0 Å². The molecule has 1 aromatic carbocycles. The Morgan fingerprint density at radius 2 is 2.00 bits per heavy atom. The number of nitrogens with zero attached hydrogens (tertiary/aromatic N) is 1. The van der Waals surface area contributed by atoms with E-state index < -0.39 is 0 Å². The fourth-order valence-corrected chi connectivity index (χ4v) is 1.53. The number of para-hydroxylation sites is 1. The molecule has 0 saturated heterocycles. The van der Waals surface area contributed by atoms with Gasteiger partial charge >= 0.3 is 5.97 Å². The number of pyridine rings is 1. The second-order valence-corrected chi connectivity index (χ2v) is 3.97. The Kier molecular flexibility index (Phi) is 3.19. The van der Waals surface area contributed by atoms with E-state index in [-0.39, 0.29) is 5.97 Å². The first-order valence-electron chi connectivity index (χ1n) is 5.37. The van der Waals surface area contributed by atoms with E-state index in [0.717, 1.165) is 11.0 Å². The third-order valence-electron chi connectivity index (χ3n) is 2.21. The summed E-state index contributed by atoms with van der Waals surface area (Å²) in [4.78, 5) is 15.8. The van der Waals surface area contributed by atoms with Crippen LogP contribution in [0.25, 0.3) is 10.9 Å². The lowest BCUT2D eigenvalue weighted by molar-refractivity contribution is -0.128. The summed E-state index contributed by atoms with van der Waals surface area (Å²) >= 11 is 0. The Balaban J connectivity index is 2.36. The lowest BCUT2D eigenvalue weighted by atomic mass is 10.2. The van der Waals surface area contributed by atoms with Gasteiger partial charge in [-0.3, -0.25) is 4.98 Å². The topological polar surface area (TPSA) is 39.2 Å². The number of carbonyl (C=O) groups excluding carboxylic acids is 1. The van der Waals surface area contributed by atoms with Crippen LogP contribution in [0.15, 0.2) is 48.2 Å². The molecule has 0 N–H and O–H groups in total. The minimum atomic E-state index is -0.372. The van der Waals surface area contributed by atoms with Crippen LogP contribution in [-0.2, 0) is 4.79 Å². The van der Waals surface area contributed by atoms with Gasteiger partial charge in [0.2, 0.25) is 0 Å². The fraction of sp³-hybridized carbons (Fsp3) is 0.143. The van der Waals surface area contributed by atoms with Crippen LogP contribution >= 0.6 is 0 Å². The molecular weight excluding hydrogens is 214 g/mol. The van der Waals surface area contributed by atoms with Crippen molar-refractivity contribution in [3.8, 4) is 5.75 Å². The average molecular weight is 227 g/mol. The number of allylic oxidation sites excluding steroid dienone is 1. The quantitative estimate of drug-likeness (QED) is 0.449. The molecule has 0 saturated carbocycles. The van der Waals surface area contributed by atoms with Gasteiger partial charge in [-0.1, -0.05) is 23.8 Å². The number of carbonyl (C=O) groups is 1. The van der Waals surface area contributed by atoms with Gasteiger partial charge in [0.05, 0.1) is 0 Å². The van der Waals surface area contributed by atoms with Gasteiger partial charge in [-0.25, -0.2) is 4.79 Å². The maximum atomic E-state index is 11.5. The molecule has 2 aromatic rings. The van der Waals surface area contributed by atoms with Gasteiger partial charge < -0.3 is 4.74 Å². The molecule has 0 unspecified atom stereocenters. The number of benzene rings is 1. The van der Waals surface area contributed by atoms with Crippen molar-refractivity contribution in [3.05, 3.63) is 48.2 Å². The number of fused-ring (bicyclic) bond motifs is 1. The molecule has 86 valence electrons. The summed E-state index contributed by atoms with van der Waals surface area (Å²) in [5, 5.41) is 0.954. The molecule has 0 bridgehead atoms. The van der Waals surface area contributed by atoms with Gasteiger partial charge in [-0.05, 0) is 26.0 Å². The highest BCUT2D eigenvalue weighted by molar-refractivity contribution is 5.90. The number of esters is 1. The van der Waals surface area contributed by atoms with Crippen LogP contribution in [-0.4, -0.2) is 11.0 Å². The first-order valence-corrected chi connectivity index (χ1v) is 5.37. The number of hydrogen-bond donors (Lipinski definition) is 0. The smallest absolute Gasteiger partial charge is 0.336 e. The Bertz CT molecular complexity index is 578. The van der Waals surface area contributed by atoms with E-state index in [2.05, 4.69) is 4.98 Å². The highest BCUT2D eigenvalue weighted by Crippen LogP contribution is 2.23. The third kappa shape index (κ3) is 2.69. The lowest BCUT2D eigenvalue weighted by Crippen LogP contribution is -2.05. The van der Waals surface area contributed by atoms with Crippen molar-refractivity contribution in [1.29, 1.82) is 0 Å².